The van der Waals surface area contributed by atoms with Crippen molar-refractivity contribution in [1.82, 2.24) is 4.90 Å². The van der Waals surface area contributed by atoms with Crippen molar-refractivity contribution >= 4 is 17.7 Å². The van der Waals surface area contributed by atoms with Gasteiger partial charge in [-0.2, -0.15) is 0 Å². The minimum absolute atomic E-state index is 0.00145. The van der Waals surface area contributed by atoms with Gasteiger partial charge in [0.15, 0.2) is 11.3 Å². The molecule has 2 aliphatic heterocycles. The Morgan fingerprint density at radius 2 is 1.67 bits per heavy atom. The van der Waals surface area contributed by atoms with Crippen molar-refractivity contribution in [2.45, 2.75) is 69.9 Å². The Hall–Kier alpha value is -1.43. The molecule has 2 unspecified atom stereocenters. The number of hydrogen-bond acceptors (Lipinski definition) is 6. The van der Waals surface area contributed by atoms with Crippen LogP contribution in [0.15, 0.2) is 0 Å². The number of nitrogens with zero attached hydrogens (tertiary/aromatic N) is 1. The third kappa shape index (κ3) is 2.38. The number of ketones is 1. The summed E-state index contributed by atoms with van der Waals surface area (Å²) in [6, 6.07) is 0. The molecule has 1 spiro atoms. The first-order valence-electron chi connectivity index (χ1n) is 9.15. The van der Waals surface area contributed by atoms with Gasteiger partial charge >= 0.3 is 11.9 Å². The van der Waals surface area contributed by atoms with Crippen LogP contribution in [-0.2, 0) is 23.9 Å². The Kier molecular flexibility index (Phi) is 4.69. The fourth-order valence-electron chi connectivity index (χ4n) is 4.62. The molecule has 3 rings (SSSR count). The largest absolute Gasteiger partial charge is 0.463 e. The molecule has 134 valence electrons. The standard InChI is InChI=1S/C18H27NO5/c1-3-5-14(20)23-11-17(12-24-15(21)6-4-2)16(22)18-9-7-13(18)8-10-19(17)18/h13H,3-12H2,1-2H3. The molecule has 6 heteroatoms. The molecule has 0 amide bonds. The predicted molar refractivity (Wildman–Crippen MR) is 86.3 cm³/mol. The van der Waals surface area contributed by atoms with Gasteiger partial charge in [0, 0.05) is 19.4 Å². The summed E-state index contributed by atoms with van der Waals surface area (Å²) < 4.78 is 10.7. The molecular weight excluding hydrogens is 310 g/mol. The molecule has 0 bridgehead atoms. The monoisotopic (exact) mass is 337 g/mol. The van der Waals surface area contributed by atoms with E-state index in [4.69, 9.17) is 9.47 Å². The normalized spacial score (nSPS) is 29.9. The molecule has 0 radical (unpaired) electrons. The molecule has 2 atom stereocenters. The van der Waals surface area contributed by atoms with Crippen LogP contribution < -0.4 is 0 Å². The molecule has 24 heavy (non-hydrogen) atoms. The Labute approximate surface area is 142 Å². The topological polar surface area (TPSA) is 72.9 Å². The quantitative estimate of drug-likeness (QED) is 0.629. The van der Waals surface area contributed by atoms with Crippen LogP contribution in [0.25, 0.3) is 0 Å². The first-order chi connectivity index (χ1) is 11.5. The maximum absolute atomic E-state index is 13.1. The van der Waals surface area contributed by atoms with E-state index < -0.39 is 5.54 Å². The molecule has 6 nitrogen and oxygen atoms in total. The smallest absolute Gasteiger partial charge is 0.305 e. The molecule has 0 N–H and O–H groups in total. The maximum Gasteiger partial charge on any atom is 0.305 e. The highest BCUT2D eigenvalue weighted by Crippen LogP contribution is 2.61. The summed E-state index contributed by atoms with van der Waals surface area (Å²) in [5.41, 5.74) is -1.31. The zero-order chi connectivity index (χ0) is 17.4. The second-order valence-electron chi connectivity index (χ2n) is 7.28. The van der Waals surface area contributed by atoms with E-state index >= 15 is 0 Å². The first-order valence-corrected chi connectivity index (χ1v) is 9.15. The van der Waals surface area contributed by atoms with E-state index in [-0.39, 0.29) is 36.5 Å². The molecule has 3 aliphatic rings. The SMILES string of the molecule is CCCC(=O)OCC1(COC(=O)CCC)C(=O)C23CCC2CCN13. The van der Waals surface area contributed by atoms with Crippen molar-refractivity contribution in [3.05, 3.63) is 0 Å². The lowest BCUT2D eigenvalue weighted by atomic mass is 9.54. The van der Waals surface area contributed by atoms with Crippen LogP contribution in [0.2, 0.25) is 0 Å². The number of ether oxygens (including phenoxy) is 2. The highest BCUT2D eigenvalue weighted by atomic mass is 16.6. The van der Waals surface area contributed by atoms with E-state index in [2.05, 4.69) is 4.90 Å². The zero-order valence-electron chi connectivity index (χ0n) is 14.6. The van der Waals surface area contributed by atoms with Crippen molar-refractivity contribution in [2.75, 3.05) is 19.8 Å². The molecule has 0 aromatic rings. The molecule has 0 aromatic heterocycles. The van der Waals surface area contributed by atoms with Gasteiger partial charge in [0.2, 0.25) is 0 Å². The van der Waals surface area contributed by atoms with E-state index in [9.17, 15) is 14.4 Å². The lowest BCUT2D eigenvalue weighted by molar-refractivity contribution is -0.209. The van der Waals surface area contributed by atoms with Crippen molar-refractivity contribution in [3.8, 4) is 0 Å². The molecule has 2 heterocycles. The van der Waals surface area contributed by atoms with Crippen molar-refractivity contribution in [2.24, 2.45) is 5.92 Å². The van der Waals surface area contributed by atoms with E-state index in [1.54, 1.807) is 0 Å². The molecular formula is C18H27NO5. The van der Waals surface area contributed by atoms with Crippen LogP contribution in [-0.4, -0.2) is 53.5 Å². The van der Waals surface area contributed by atoms with E-state index in [1.165, 1.54) is 0 Å². The minimum atomic E-state index is -0.956. The summed E-state index contributed by atoms with van der Waals surface area (Å²) in [5.74, 6) is -0.0575. The Morgan fingerprint density at radius 1 is 1.08 bits per heavy atom. The van der Waals surface area contributed by atoms with Gasteiger partial charge in [0.05, 0.1) is 5.54 Å². The summed E-state index contributed by atoms with van der Waals surface area (Å²) in [6.07, 6.45) is 5.07. The Morgan fingerprint density at radius 3 is 2.12 bits per heavy atom. The van der Waals surface area contributed by atoms with Crippen LogP contribution in [0.3, 0.4) is 0 Å². The fourth-order valence-corrected chi connectivity index (χ4v) is 4.62. The summed E-state index contributed by atoms with van der Waals surface area (Å²) in [5, 5.41) is 0. The van der Waals surface area contributed by atoms with Crippen molar-refractivity contribution < 1.29 is 23.9 Å². The Balaban J connectivity index is 1.71. The number of esters is 2. The average Bonchev–Trinajstić information content (AvgIpc) is 2.77. The van der Waals surface area contributed by atoms with Gasteiger partial charge in [-0.05, 0) is 38.0 Å². The van der Waals surface area contributed by atoms with Gasteiger partial charge in [0.25, 0.3) is 0 Å². The summed E-state index contributed by atoms with van der Waals surface area (Å²) in [7, 11) is 0. The van der Waals surface area contributed by atoms with Crippen LogP contribution in [0, 0.1) is 5.92 Å². The van der Waals surface area contributed by atoms with Crippen molar-refractivity contribution in [3.63, 3.8) is 0 Å². The van der Waals surface area contributed by atoms with Crippen LogP contribution in [0.5, 0.6) is 0 Å². The lowest BCUT2D eigenvalue weighted by Gasteiger charge is -2.65. The van der Waals surface area contributed by atoms with Gasteiger partial charge < -0.3 is 9.47 Å². The summed E-state index contributed by atoms with van der Waals surface area (Å²) >= 11 is 0. The predicted octanol–water partition coefficient (Wildman–Crippen LogP) is 1.85. The van der Waals surface area contributed by atoms with Crippen LogP contribution >= 0.6 is 0 Å². The highest BCUT2D eigenvalue weighted by Gasteiger charge is 2.77. The molecule has 3 fully saturated rings. The fraction of sp³-hybridized carbons (Fsp3) is 0.833. The molecule has 1 aliphatic carbocycles. The number of Topliss-reactive ketones (excluding diaryl/α,β-unsaturated/α-hetero) is 1. The van der Waals surface area contributed by atoms with Gasteiger partial charge in [-0.25, -0.2) is 0 Å². The van der Waals surface area contributed by atoms with Crippen LogP contribution in [0.1, 0.15) is 58.8 Å². The Bertz CT molecular complexity index is 524. The maximum atomic E-state index is 13.1. The lowest BCUT2D eigenvalue weighted by Crippen LogP contribution is -2.86. The average molecular weight is 337 g/mol. The third-order valence-electron chi connectivity index (χ3n) is 5.92. The van der Waals surface area contributed by atoms with Gasteiger partial charge in [-0.1, -0.05) is 13.8 Å². The summed E-state index contributed by atoms with van der Waals surface area (Å²) in [4.78, 5) is 38.8. The number of carbonyl (C=O) groups is 3. The van der Waals surface area contributed by atoms with Crippen LogP contribution in [0.4, 0.5) is 0 Å². The van der Waals surface area contributed by atoms with Gasteiger partial charge in [-0.3, -0.25) is 19.3 Å². The van der Waals surface area contributed by atoms with Gasteiger partial charge in [-0.15, -0.1) is 0 Å². The second kappa shape index (κ2) is 6.47. The van der Waals surface area contributed by atoms with E-state index in [0.29, 0.717) is 31.6 Å². The van der Waals surface area contributed by atoms with E-state index in [0.717, 1.165) is 25.8 Å². The minimum Gasteiger partial charge on any atom is -0.463 e. The third-order valence-corrected chi connectivity index (χ3v) is 5.92. The number of carbonyl (C=O) groups excluding carboxylic acids is 3. The summed E-state index contributed by atoms with van der Waals surface area (Å²) in [6.45, 7) is 4.63. The highest BCUT2D eigenvalue weighted by molar-refractivity contribution is 6.05. The van der Waals surface area contributed by atoms with Crippen molar-refractivity contribution in [1.29, 1.82) is 0 Å². The van der Waals surface area contributed by atoms with E-state index in [1.807, 2.05) is 13.8 Å². The molecule has 0 aromatic carbocycles. The molecule has 2 saturated heterocycles. The zero-order valence-corrected chi connectivity index (χ0v) is 14.6. The second-order valence-corrected chi connectivity index (χ2v) is 7.28. The number of rotatable bonds is 8. The number of hydrogen-bond donors (Lipinski definition) is 0. The first kappa shape index (κ1) is 17.4. The molecule has 1 saturated carbocycles. The van der Waals surface area contributed by atoms with Gasteiger partial charge in [0.1, 0.15) is 13.2 Å².